The Labute approximate surface area is 206 Å². The van der Waals surface area contributed by atoms with E-state index >= 15 is 4.39 Å². The maximum Gasteiger partial charge on any atom is 0.331 e. The summed E-state index contributed by atoms with van der Waals surface area (Å²) >= 11 is 0. The first-order valence-corrected chi connectivity index (χ1v) is 11.2. The fourth-order valence-corrected chi connectivity index (χ4v) is 4.18. The third-order valence-corrected chi connectivity index (χ3v) is 6.21. The van der Waals surface area contributed by atoms with Gasteiger partial charge in [0.05, 0.1) is 25.8 Å². The summed E-state index contributed by atoms with van der Waals surface area (Å²) in [6.07, 6.45) is 0. The highest BCUT2D eigenvalue weighted by atomic mass is 19.1. The van der Waals surface area contributed by atoms with Crippen LogP contribution in [0.1, 0.15) is 27.2 Å². The molecule has 6 nitrogen and oxygen atoms in total. The number of carbonyl (C=O) groups excluding carboxylic acids is 1. The first kappa shape index (κ1) is 24.8. The molecule has 3 aromatic carbocycles. The number of rotatable bonds is 7. The molecule has 0 spiro atoms. The van der Waals surface area contributed by atoms with Gasteiger partial charge < -0.3 is 4.74 Å². The van der Waals surface area contributed by atoms with Crippen molar-refractivity contribution in [3.05, 3.63) is 122 Å². The maximum atomic E-state index is 15.3. The number of aryl methyl sites for hydroxylation is 1. The summed E-state index contributed by atoms with van der Waals surface area (Å²) in [6.45, 7) is 2.44. The van der Waals surface area contributed by atoms with Crippen molar-refractivity contribution >= 4 is 5.78 Å². The third kappa shape index (κ3) is 4.49. The van der Waals surface area contributed by atoms with E-state index in [1.807, 2.05) is 0 Å². The van der Waals surface area contributed by atoms with Gasteiger partial charge in [-0.3, -0.25) is 18.7 Å². The predicted octanol–water partition coefficient (Wildman–Crippen LogP) is 4.51. The Morgan fingerprint density at radius 3 is 2.25 bits per heavy atom. The number of nitrogens with zero attached hydrogens (tertiary/aromatic N) is 2. The average Bonchev–Trinajstić information content (AvgIpc) is 2.87. The van der Waals surface area contributed by atoms with Crippen LogP contribution in [0.5, 0.6) is 5.75 Å². The zero-order valence-corrected chi connectivity index (χ0v) is 20.0. The minimum absolute atomic E-state index is 0.0825. The van der Waals surface area contributed by atoms with Crippen molar-refractivity contribution in [3.8, 4) is 16.9 Å². The van der Waals surface area contributed by atoms with Crippen molar-refractivity contribution in [2.75, 3.05) is 7.11 Å². The number of Topliss-reactive ketones (excluding diaryl/α,β-unsaturated/α-hetero) is 1. The molecule has 0 aliphatic carbocycles. The maximum absolute atomic E-state index is 15.3. The van der Waals surface area contributed by atoms with Crippen molar-refractivity contribution in [2.24, 2.45) is 0 Å². The van der Waals surface area contributed by atoms with Crippen LogP contribution in [0.4, 0.5) is 8.78 Å². The molecule has 4 rings (SSSR count). The van der Waals surface area contributed by atoms with Crippen LogP contribution in [0.15, 0.2) is 76.3 Å². The molecule has 1 aromatic heterocycles. The molecule has 36 heavy (non-hydrogen) atoms. The fraction of sp³-hybridized carbons (Fsp3) is 0.179. The number of ketones is 1. The van der Waals surface area contributed by atoms with E-state index in [4.69, 9.17) is 4.74 Å². The van der Waals surface area contributed by atoms with Crippen LogP contribution in [-0.4, -0.2) is 22.0 Å². The normalized spacial score (nSPS) is 10.9. The van der Waals surface area contributed by atoms with Gasteiger partial charge in [0, 0.05) is 22.4 Å². The molecule has 0 saturated heterocycles. The molecular formula is C28H24F2N2O4. The number of methoxy groups -OCH3 is 1. The Balaban J connectivity index is 1.98. The zero-order chi connectivity index (χ0) is 26.0. The molecule has 0 N–H and O–H groups in total. The highest BCUT2D eigenvalue weighted by Gasteiger charge is 2.24. The van der Waals surface area contributed by atoms with Gasteiger partial charge in [0.15, 0.2) is 17.3 Å². The van der Waals surface area contributed by atoms with Gasteiger partial charge >= 0.3 is 5.69 Å². The average molecular weight is 491 g/mol. The molecule has 0 aliphatic rings. The van der Waals surface area contributed by atoms with Crippen LogP contribution < -0.4 is 16.0 Å². The minimum Gasteiger partial charge on any atom is -0.494 e. The Morgan fingerprint density at radius 1 is 0.889 bits per heavy atom. The second-order valence-corrected chi connectivity index (χ2v) is 8.37. The van der Waals surface area contributed by atoms with Gasteiger partial charge in [0.1, 0.15) is 5.82 Å². The second-order valence-electron chi connectivity index (χ2n) is 8.37. The van der Waals surface area contributed by atoms with Gasteiger partial charge in [0.25, 0.3) is 5.56 Å². The zero-order valence-electron chi connectivity index (χ0n) is 20.0. The molecule has 0 atom stereocenters. The minimum atomic E-state index is -0.824. The van der Waals surface area contributed by atoms with Crippen LogP contribution in [0.25, 0.3) is 11.1 Å². The molecule has 0 bridgehead atoms. The lowest BCUT2D eigenvalue weighted by Gasteiger charge is -2.19. The van der Waals surface area contributed by atoms with E-state index in [-0.39, 0.29) is 34.7 Å². The van der Waals surface area contributed by atoms with E-state index in [2.05, 4.69) is 0 Å². The van der Waals surface area contributed by atoms with Crippen molar-refractivity contribution in [2.45, 2.75) is 26.9 Å². The molecule has 0 aliphatic heterocycles. The first-order valence-electron chi connectivity index (χ1n) is 11.2. The molecule has 1 heterocycles. The van der Waals surface area contributed by atoms with Gasteiger partial charge in [-0.15, -0.1) is 0 Å². The quantitative estimate of drug-likeness (QED) is 0.358. The number of halogens is 2. The molecule has 0 saturated carbocycles. The number of hydrogen-bond acceptors (Lipinski definition) is 4. The SMILES string of the molecule is COc1cccc(-c2c(C)n(Cc3c(C)cccc3F)c(=O)n(CC(=O)c3ccccc3)c2=O)c1F. The van der Waals surface area contributed by atoms with E-state index in [0.29, 0.717) is 11.1 Å². The summed E-state index contributed by atoms with van der Waals surface area (Å²) in [7, 11) is 1.30. The van der Waals surface area contributed by atoms with Crippen LogP contribution in [0, 0.1) is 25.5 Å². The number of aromatic nitrogens is 2. The summed E-state index contributed by atoms with van der Waals surface area (Å²) in [5.41, 5.74) is -0.504. The van der Waals surface area contributed by atoms with Gasteiger partial charge in [-0.25, -0.2) is 13.6 Å². The lowest BCUT2D eigenvalue weighted by Crippen LogP contribution is -2.44. The fourth-order valence-electron chi connectivity index (χ4n) is 4.18. The topological polar surface area (TPSA) is 70.3 Å². The number of hydrogen-bond donors (Lipinski definition) is 0. The number of carbonyl (C=O) groups is 1. The smallest absolute Gasteiger partial charge is 0.331 e. The summed E-state index contributed by atoms with van der Waals surface area (Å²) in [4.78, 5) is 40.0. The van der Waals surface area contributed by atoms with E-state index < -0.39 is 35.2 Å². The summed E-state index contributed by atoms with van der Waals surface area (Å²) < 4.78 is 37.0. The predicted molar refractivity (Wildman–Crippen MR) is 133 cm³/mol. The van der Waals surface area contributed by atoms with Crippen molar-refractivity contribution < 1.29 is 18.3 Å². The molecule has 0 amide bonds. The Bertz CT molecular complexity index is 1550. The largest absolute Gasteiger partial charge is 0.494 e. The van der Waals surface area contributed by atoms with Gasteiger partial charge in [-0.2, -0.15) is 0 Å². The number of ether oxygens (including phenoxy) is 1. The van der Waals surface area contributed by atoms with Crippen LogP contribution >= 0.6 is 0 Å². The first-order chi connectivity index (χ1) is 17.2. The van der Waals surface area contributed by atoms with E-state index in [9.17, 15) is 18.8 Å². The van der Waals surface area contributed by atoms with Gasteiger partial charge in [-0.1, -0.05) is 54.6 Å². The van der Waals surface area contributed by atoms with Crippen LogP contribution in [0.3, 0.4) is 0 Å². The Kier molecular flexibility index (Phi) is 6.96. The molecule has 4 aromatic rings. The molecule has 8 heteroatoms. The highest BCUT2D eigenvalue weighted by Crippen LogP contribution is 2.29. The summed E-state index contributed by atoms with van der Waals surface area (Å²) in [5.74, 6) is -1.85. The third-order valence-electron chi connectivity index (χ3n) is 6.21. The molecule has 184 valence electrons. The Morgan fingerprint density at radius 2 is 1.58 bits per heavy atom. The monoisotopic (exact) mass is 490 g/mol. The van der Waals surface area contributed by atoms with Crippen LogP contribution in [0.2, 0.25) is 0 Å². The summed E-state index contributed by atoms with van der Waals surface area (Å²) in [5, 5.41) is 0. The second kappa shape index (κ2) is 10.1. The van der Waals surface area contributed by atoms with Crippen molar-refractivity contribution in [3.63, 3.8) is 0 Å². The molecular weight excluding hydrogens is 466 g/mol. The van der Waals surface area contributed by atoms with E-state index in [0.717, 1.165) is 4.57 Å². The van der Waals surface area contributed by atoms with Crippen molar-refractivity contribution in [1.29, 1.82) is 0 Å². The summed E-state index contributed by atoms with van der Waals surface area (Å²) in [6, 6.07) is 17.1. The highest BCUT2D eigenvalue weighted by molar-refractivity contribution is 5.95. The van der Waals surface area contributed by atoms with Crippen molar-refractivity contribution in [1.82, 2.24) is 9.13 Å². The molecule has 0 radical (unpaired) electrons. The van der Waals surface area contributed by atoms with Gasteiger partial charge in [-0.05, 0) is 31.5 Å². The lowest BCUT2D eigenvalue weighted by atomic mass is 10.0. The number of benzene rings is 3. The molecule has 0 unspecified atom stereocenters. The Hall–Kier alpha value is -4.33. The van der Waals surface area contributed by atoms with Gasteiger partial charge in [0.2, 0.25) is 0 Å². The standard InChI is InChI=1S/C28H24F2N2O4/c1-17-9-7-13-22(29)21(17)15-31-18(2)25(20-12-8-14-24(36-3)26(20)30)27(34)32(28(31)35)16-23(33)19-10-5-4-6-11-19/h4-14H,15-16H2,1-3H3. The van der Waals surface area contributed by atoms with E-state index in [1.54, 1.807) is 49.4 Å². The lowest BCUT2D eigenvalue weighted by molar-refractivity contribution is 0.0968. The van der Waals surface area contributed by atoms with E-state index in [1.165, 1.54) is 42.9 Å². The van der Waals surface area contributed by atoms with Crippen LogP contribution in [-0.2, 0) is 13.1 Å². The molecule has 0 fully saturated rings.